The van der Waals surface area contributed by atoms with Crippen LogP contribution in [0.25, 0.3) is 0 Å². The molecule has 37 heavy (non-hydrogen) atoms. The van der Waals surface area contributed by atoms with Gasteiger partial charge in [-0.1, -0.05) is 30.7 Å². The molecule has 1 unspecified atom stereocenters. The minimum Gasteiger partial charge on any atom is -0.497 e. The first-order valence-electron chi connectivity index (χ1n) is 12.2. The van der Waals surface area contributed by atoms with Gasteiger partial charge in [0.15, 0.2) is 0 Å². The molecule has 2 rings (SSSR count). The molecule has 0 fully saturated rings. The smallest absolute Gasteiger partial charge is 0.243 e. The lowest BCUT2D eigenvalue weighted by atomic mass is 10.0. The van der Waals surface area contributed by atoms with Gasteiger partial charge in [0.2, 0.25) is 21.8 Å². The minimum atomic E-state index is -3.57. The van der Waals surface area contributed by atoms with Crippen molar-refractivity contribution in [3.05, 3.63) is 59.1 Å². The van der Waals surface area contributed by atoms with Gasteiger partial charge in [0.25, 0.3) is 0 Å². The Bertz CT molecular complexity index is 1160. The van der Waals surface area contributed by atoms with Gasteiger partial charge in [0.1, 0.15) is 11.8 Å². The second kappa shape index (κ2) is 13.1. The highest BCUT2D eigenvalue weighted by Crippen LogP contribution is 2.22. The molecule has 8 nitrogen and oxygen atoms in total. The third-order valence-corrected chi connectivity index (χ3v) is 7.08. The summed E-state index contributed by atoms with van der Waals surface area (Å²) < 4.78 is 31.4. The van der Waals surface area contributed by atoms with Crippen molar-refractivity contribution in [2.45, 2.75) is 65.1 Å². The van der Waals surface area contributed by atoms with Crippen LogP contribution in [0.15, 0.2) is 48.5 Å². The number of nitrogens with zero attached hydrogens (tertiary/aromatic N) is 2. The van der Waals surface area contributed by atoms with Gasteiger partial charge in [-0.2, -0.15) is 0 Å². The normalized spacial score (nSPS) is 12.5. The molecule has 0 aliphatic rings. The van der Waals surface area contributed by atoms with Gasteiger partial charge in [-0.25, -0.2) is 8.42 Å². The van der Waals surface area contributed by atoms with Crippen LogP contribution in [0.3, 0.4) is 0 Å². The summed E-state index contributed by atoms with van der Waals surface area (Å²) in [7, 11) is -2.00. The van der Waals surface area contributed by atoms with E-state index in [0.717, 1.165) is 11.8 Å². The molecule has 204 valence electrons. The summed E-state index contributed by atoms with van der Waals surface area (Å²) in [5.74, 6) is 0.192. The number of halogens is 1. The van der Waals surface area contributed by atoms with Crippen LogP contribution in [0.2, 0.25) is 5.02 Å². The van der Waals surface area contributed by atoms with E-state index >= 15 is 0 Å². The highest BCUT2D eigenvalue weighted by molar-refractivity contribution is 7.92. The maximum Gasteiger partial charge on any atom is 0.243 e. The standard InChI is InChI=1S/C27H38ClN3O5S/c1-7-24(26(33)29-27(2,3)4)30(19-20-10-8-11-23(18-20)36-5)25(32)12-9-17-31(37(6,34)35)22-15-13-21(28)14-16-22/h8,10-11,13-16,18,24H,7,9,12,17,19H2,1-6H3,(H,29,33). The summed E-state index contributed by atoms with van der Waals surface area (Å²) in [5, 5.41) is 3.48. The molecule has 2 amide bonds. The van der Waals surface area contributed by atoms with Gasteiger partial charge in [-0.3, -0.25) is 13.9 Å². The topological polar surface area (TPSA) is 96.0 Å². The quantitative estimate of drug-likeness (QED) is 0.415. The number of benzene rings is 2. The predicted octanol–water partition coefficient (Wildman–Crippen LogP) is 4.62. The van der Waals surface area contributed by atoms with Crippen molar-refractivity contribution in [2.24, 2.45) is 0 Å². The number of hydrogen-bond donors (Lipinski definition) is 1. The summed E-state index contributed by atoms with van der Waals surface area (Å²) in [5.41, 5.74) is 0.848. The van der Waals surface area contributed by atoms with E-state index in [-0.39, 0.29) is 37.7 Å². The zero-order valence-electron chi connectivity index (χ0n) is 22.5. The van der Waals surface area contributed by atoms with Gasteiger partial charge >= 0.3 is 0 Å². The zero-order chi connectivity index (χ0) is 27.8. The molecular weight excluding hydrogens is 514 g/mol. The number of nitrogens with one attached hydrogen (secondary N) is 1. The van der Waals surface area contributed by atoms with Crippen LogP contribution in [-0.2, 0) is 26.2 Å². The second-order valence-electron chi connectivity index (χ2n) is 9.95. The van der Waals surface area contributed by atoms with E-state index in [1.807, 2.05) is 52.0 Å². The lowest BCUT2D eigenvalue weighted by molar-refractivity contribution is -0.142. The van der Waals surface area contributed by atoms with E-state index in [1.165, 1.54) is 4.31 Å². The maximum absolute atomic E-state index is 13.5. The van der Waals surface area contributed by atoms with Crippen LogP contribution in [0.1, 0.15) is 52.5 Å². The van der Waals surface area contributed by atoms with E-state index in [2.05, 4.69) is 5.32 Å². The number of sulfonamides is 1. The van der Waals surface area contributed by atoms with E-state index in [1.54, 1.807) is 36.3 Å². The summed E-state index contributed by atoms with van der Waals surface area (Å²) in [6.45, 7) is 7.88. The fourth-order valence-corrected chi connectivity index (χ4v) is 5.04. The Morgan fingerprint density at radius 1 is 1.11 bits per heavy atom. The Hall–Kier alpha value is -2.78. The fourth-order valence-electron chi connectivity index (χ4n) is 3.95. The molecule has 0 spiro atoms. The van der Waals surface area contributed by atoms with Crippen molar-refractivity contribution in [3.63, 3.8) is 0 Å². The number of methoxy groups -OCH3 is 1. The number of ether oxygens (including phenoxy) is 1. The summed E-state index contributed by atoms with van der Waals surface area (Å²) in [6, 6.07) is 13.2. The number of anilines is 1. The first kappa shape index (κ1) is 30.4. The third-order valence-electron chi connectivity index (χ3n) is 5.64. The molecule has 0 bridgehead atoms. The molecule has 2 aromatic carbocycles. The molecular formula is C27H38ClN3O5S. The van der Waals surface area contributed by atoms with Crippen LogP contribution >= 0.6 is 11.6 Å². The largest absolute Gasteiger partial charge is 0.497 e. The van der Waals surface area contributed by atoms with Crippen LogP contribution in [0.5, 0.6) is 5.75 Å². The molecule has 0 aliphatic carbocycles. The van der Waals surface area contributed by atoms with Crippen molar-refractivity contribution in [3.8, 4) is 5.75 Å². The summed E-state index contributed by atoms with van der Waals surface area (Å²) >= 11 is 5.95. The number of rotatable bonds is 12. The molecule has 0 aliphatic heterocycles. The molecule has 1 atom stereocenters. The molecule has 0 heterocycles. The first-order valence-corrected chi connectivity index (χ1v) is 14.5. The molecule has 0 saturated heterocycles. The molecule has 0 saturated carbocycles. The number of carbonyl (C=O) groups is 2. The molecule has 0 radical (unpaired) electrons. The monoisotopic (exact) mass is 551 g/mol. The number of carbonyl (C=O) groups excluding carboxylic acids is 2. The fraction of sp³-hybridized carbons (Fsp3) is 0.481. The van der Waals surface area contributed by atoms with E-state index in [4.69, 9.17) is 16.3 Å². The van der Waals surface area contributed by atoms with E-state index in [9.17, 15) is 18.0 Å². The van der Waals surface area contributed by atoms with Gasteiger partial charge in [0.05, 0.1) is 19.1 Å². The molecule has 0 aromatic heterocycles. The van der Waals surface area contributed by atoms with Crippen molar-refractivity contribution in [1.29, 1.82) is 0 Å². The highest BCUT2D eigenvalue weighted by atomic mass is 35.5. The minimum absolute atomic E-state index is 0.0723. The third kappa shape index (κ3) is 9.55. The van der Waals surface area contributed by atoms with Gasteiger partial charge in [0, 0.05) is 30.1 Å². The Morgan fingerprint density at radius 2 is 1.76 bits per heavy atom. The SMILES string of the molecule is CCC(C(=O)NC(C)(C)C)N(Cc1cccc(OC)c1)C(=O)CCCN(c1ccc(Cl)cc1)S(C)(=O)=O. The Labute approximate surface area is 226 Å². The van der Waals surface area contributed by atoms with Crippen LogP contribution in [0, 0.1) is 0 Å². The average Bonchev–Trinajstić information content (AvgIpc) is 2.80. The van der Waals surface area contributed by atoms with Crippen molar-refractivity contribution in [1.82, 2.24) is 10.2 Å². The van der Waals surface area contributed by atoms with E-state index < -0.39 is 21.6 Å². The molecule has 10 heteroatoms. The van der Waals surface area contributed by atoms with E-state index in [0.29, 0.717) is 22.9 Å². The number of hydrogen-bond acceptors (Lipinski definition) is 5. The summed E-state index contributed by atoms with van der Waals surface area (Å²) in [6.07, 6.45) is 1.91. The van der Waals surface area contributed by atoms with Gasteiger partial charge < -0.3 is 15.0 Å². The van der Waals surface area contributed by atoms with Crippen molar-refractivity contribution < 1.29 is 22.7 Å². The lowest BCUT2D eigenvalue weighted by Gasteiger charge is -2.33. The molecule has 1 N–H and O–H groups in total. The first-order chi connectivity index (χ1) is 17.2. The predicted molar refractivity (Wildman–Crippen MR) is 148 cm³/mol. The highest BCUT2D eigenvalue weighted by Gasteiger charge is 2.30. The summed E-state index contributed by atoms with van der Waals surface area (Å²) in [4.78, 5) is 28.2. The van der Waals surface area contributed by atoms with Gasteiger partial charge in [-0.15, -0.1) is 0 Å². The van der Waals surface area contributed by atoms with Crippen LogP contribution < -0.4 is 14.4 Å². The number of amides is 2. The second-order valence-corrected chi connectivity index (χ2v) is 12.3. The Balaban J connectivity index is 2.25. The van der Waals surface area contributed by atoms with Gasteiger partial charge in [-0.05, 0) is 75.6 Å². The maximum atomic E-state index is 13.5. The van der Waals surface area contributed by atoms with Crippen LogP contribution in [0.4, 0.5) is 5.69 Å². The molecule has 2 aromatic rings. The Morgan fingerprint density at radius 3 is 2.30 bits per heavy atom. The lowest BCUT2D eigenvalue weighted by Crippen LogP contribution is -2.53. The van der Waals surface area contributed by atoms with Crippen molar-refractivity contribution in [2.75, 3.05) is 24.2 Å². The Kier molecular flexibility index (Phi) is 10.8. The van der Waals surface area contributed by atoms with Crippen LogP contribution in [-0.4, -0.2) is 56.6 Å². The average molecular weight is 552 g/mol. The zero-order valence-corrected chi connectivity index (χ0v) is 24.0. The van der Waals surface area contributed by atoms with Crippen molar-refractivity contribution >= 4 is 39.1 Å².